The number of rotatable bonds is 2. The van der Waals surface area contributed by atoms with Gasteiger partial charge >= 0.3 is 0 Å². The van der Waals surface area contributed by atoms with E-state index in [0.29, 0.717) is 5.92 Å². The van der Waals surface area contributed by atoms with Gasteiger partial charge in [0.2, 0.25) is 0 Å². The Morgan fingerprint density at radius 3 is 2.53 bits per heavy atom. The van der Waals surface area contributed by atoms with Gasteiger partial charge in [0.25, 0.3) is 0 Å². The highest BCUT2D eigenvalue weighted by Gasteiger charge is 2.26. The van der Waals surface area contributed by atoms with Crippen molar-refractivity contribution in [3.63, 3.8) is 0 Å². The summed E-state index contributed by atoms with van der Waals surface area (Å²) in [5.74, 6) is 0.709. The molecule has 0 spiro atoms. The van der Waals surface area contributed by atoms with E-state index in [1.165, 1.54) is 24.0 Å². The van der Waals surface area contributed by atoms with E-state index < -0.39 is 0 Å². The molecule has 0 atom stereocenters. The van der Waals surface area contributed by atoms with Crippen LogP contribution >= 0.6 is 0 Å². The van der Waals surface area contributed by atoms with E-state index in [9.17, 15) is 0 Å². The number of aryl methyl sites for hydroxylation is 1. The van der Waals surface area contributed by atoms with E-state index in [1.807, 2.05) is 19.6 Å². The zero-order valence-electron chi connectivity index (χ0n) is 10.1. The molecule has 2 aromatic rings. The number of benzene rings is 1. The Balaban J connectivity index is 2.28. The van der Waals surface area contributed by atoms with Crippen LogP contribution in [0.15, 0.2) is 24.7 Å². The number of hydrogen-bond donors (Lipinski definition) is 0. The maximum absolute atomic E-state index is 4.20. The van der Waals surface area contributed by atoms with Crippen molar-refractivity contribution in [2.75, 3.05) is 0 Å². The Morgan fingerprint density at radius 1 is 1.24 bits per heavy atom. The van der Waals surface area contributed by atoms with Crippen LogP contribution in [0.2, 0.25) is 0 Å². The van der Waals surface area contributed by atoms with Crippen LogP contribution in [0.1, 0.15) is 24.3 Å². The maximum atomic E-state index is 4.20. The van der Waals surface area contributed by atoms with Gasteiger partial charge in [-0.15, -0.1) is 0 Å². The van der Waals surface area contributed by atoms with Gasteiger partial charge < -0.3 is 4.57 Å². The number of hydrogen-bond acceptors (Lipinski definition) is 1. The van der Waals surface area contributed by atoms with E-state index >= 15 is 0 Å². The average Bonchev–Trinajstić information content (AvgIpc) is 3.05. The molecule has 1 aromatic carbocycles. The van der Waals surface area contributed by atoms with Crippen molar-refractivity contribution in [3.8, 4) is 11.3 Å². The molecular weight excluding hydrogens is 208 g/mol. The molecule has 2 nitrogen and oxygen atoms in total. The summed E-state index contributed by atoms with van der Waals surface area (Å²) < 4.78 is 2.06. The van der Waals surface area contributed by atoms with E-state index in [0.717, 1.165) is 16.1 Å². The van der Waals surface area contributed by atoms with Gasteiger partial charge in [-0.2, -0.15) is 0 Å². The Hall–Kier alpha value is -1.83. The Labute approximate surface area is 101 Å². The topological polar surface area (TPSA) is 17.8 Å². The third-order valence-corrected chi connectivity index (χ3v) is 3.48. The highest BCUT2D eigenvalue weighted by Crippen LogP contribution is 2.43. The van der Waals surface area contributed by atoms with Gasteiger partial charge in [-0.25, -0.2) is 4.98 Å². The minimum Gasteiger partial charge on any atom is -0.334 e. The van der Waals surface area contributed by atoms with Crippen LogP contribution in [-0.4, -0.2) is 9.55 Å². The second-order valence-corrected chi connectivity index (χ2v) is 4.87. The minimum atomic E-state index is 0.709. The lowest BCUT2D eigenvalue weighted by atomic mass is 9.99. The maximum Gasteiger partial charge on any atom is 0.0948 e. The number of nitrogens with zero attached hydrogens (tertiary/aromatic N) is 2. The molecule has 0 radical (unpaired) electrons. The van der Waals surface area contributed by atoms with Crippen molar-refractivity contribution in [2.24, 2.45) is 7.05 Å². The molecule has 0 amide bonds. The SMILES string of the molecule is C=c1cc(-c2cncn2C)c(C2CC2)cc1=C. The van der Waals surface area contributed by atoms with Gasteiger partial charge in [0.1, 0.15) is 0 Å². The molecule has 17 heavy (non-hydrogen) atoms. The molecule has 2 heteroatoms. The van der Waals surface area contributed by atoms with Crippen molar-refractivity contribution in [2.45, 2.75) is 18.8 Å². The van der Waals surface area contributed by atoms with E-state index in [2.05, 4.69) is 34.8 Å². The monoisotopic (exact) mass is 224 g/mol. The van der Waals surface area contributed by atoms with Gasteiger partial charge in [-0.1, -0.05) is 19.2 Å². The van der Waals surface area contributed by atoms with E-state index in [-0.39, 0.29) is 0 Å². The largest absolute Gasteiger partial charge is 0.334 e. The summed E-state index contributed by atoms with van der Waals surface area (Å²) in [6.07, 6.45) is 6.35. The van der Waals surface area contributed by atoms with Gasteiger partial charge in [0.15, 0.2) is 0 Å². The molecule has 1 aliphatic carbocycles. The highest BCUT2D eigenvalue weighted by molar-refractivity contribution is 5.65. The third-order valence-electron chi connectivity index (χ3n) is 3.48. The quantitative estimate of drug-likeness (QED) is 0.760. The van der Waals surface area contributed by atoms with E-state index in [1.54, 1.807) is 0 Å². The Morgan fingerprint density at radius 2 is 1.94 bits per heavy atom. The summed E-state index contributed by atoms with van der Waals surface area (Å²) in [4.78, 5) is 4.20. The van der Waals surface area contributed by atoms with Crippen LogP contribution < -0.4 is 10.4 Å². The molecule has 3 rings (SSSR count). The molecule has 1 aromatic heterocycles. The summed E-state index contributed by atoms with van der Waals surface area (Å²) in [6.45, 7) is 8.10. The normalized spacial score (nSPS) is 15.1. The first-order valence-electron chi connectivity index (χ1n) is 5.95. The van der Waals surface area contributed by atoms with Gasteiger partial charge in [0.05, 0.1) is 18.2 Å². The predicted molar refractivity (Wildman–Crippen MR) is 70.9 cm³/mol. The van der Waals surface area contributed by atoms with Crippen LogP contribution in [0.5, 0.6) is 0 Å². The smallest absolute Gasteiger partial charge is 0.0948 e. The average molecular weight is 224 g/mol. The molecule has 1 aliphatic rings. The lowest BCUT2D eigenvalue weighted by Crippen LogP contribution is -2.22. The molecule has 0 N–H and O–H groups in total. The second kappa shape index (κ2) is 3.59. The van der Waals surface area contributed by atoms with Gasteiger partial charge in [0, 0.05) is 12.6 Å². The fourth-order valence-electron chi connectivity index (χ4n) is 2.28. The molecular formula is C15H16N2. The fraction of sp³-hybridized carbons (Fsp3) is 0.267. The minimum absolute atomic E-state index is 0.709. The molecule has 1 saturated carbocycles. The first-order chi connectivity index (χ1) is 8.16. The summed E-state index contributed by atoms with van der Waals surface area (Å²) >= 11 is 0. The molecule has 1 fully saturated rings. The van der Waals surface area contributed by atoms with Crippen molar-refractivity contribution in [1.29, 1.82) is 0 Å². The van der Waals surface area contributed by atoms with Gasteiger partial charge in [-0.05, 0) is 40.8 Å². The molecule has 86 valence electrons. The van der Waals surface area contributed by atoms with Crippen molar-refractivity contribution in [1.82, 2.24) is 9.55 Å². The van der Waals surface area contributed by atoms with Crippen molar-refractivity contribution < 1.29 is 0 Å². The Bertz CT molecular complexity index is 663. The Kier molecular flexibility index (Phi) is 2.18. The molecule has 0 saturated heterocycles. The van der Waals surface area contributed by atoms with E-state index in [4.69, 9.17) is 0 Å². The summed E-state index contributed by atoms with van der Waals surface area (Å²) in [7, 11) is 2.03. The highest BCUT2D eigenvalue weighted by atomic mass is 15.0. The zero-order chi connectivity index (χ0) is 12.0. The number of aromatic nitrogens is 2. The lowest BCUT2D eigenvalue weighted by molar-refractivity contribution is 0.918. The fourth-order valence-corrected chi connectivity index (χ4v) is 2.28. The summed E-state index contributed by atoms with van der Waals surface area (Å²) in [5.41, 5.74) is 3.84. The van der Waals surface area contributed by atoms with Crippen LogP contribution in [0.25, 0.3) is 24.4 Å². The van der Waals surface area contributed by atoms with Crippen LogP contribution in [0.4, 0.5) is 0 Å². The van der Waals surface area contributed by atoms with Gasteiger partial charge in [-0.3, -0.25) is 0 Å². The second-order valence-electron chi connectivity index (χ2n) is 4.87. The van der Waals surface area contributed by atoms with Crippen LogP contribution in [0, 0.1) is 0 Å². The number of imidazole rings is 1. The zero-order valence-corrected chi connectivity index (χ0v) is 10.1. The lowest BCUT2D eigenvalue weighted by Gasteiger charge is -2.09. The summed E-state index contributed by atoms with van der Waals surface area (Å²) in [5, 5.41) is 2.04. The van der Waals surface area contributed by atoms with Crippen LogP contribution in [0.3, 0.4) is 0 Å². The van der Waals surface area contributed by atoms with Crippen molar-refractivity contribution in [3.05, 3.63) is 40.7 Å². The predicted octanol–water partition coefficient (Wildman–Crippen LogP) is 1.79. The van der Waals surface area contributed by atoms with Crippen molar-refractivity contribution >= 4 is 13.2 Å². The molecule has 0 bridgehead atoms. The van der Waals surface area contributed by atoms with Crippen LogP contribution in [-0.2, 0) is 7.05 Å². The molecule has 0 unspecified atom stereocenters. The molecule has 1 heterocycles. The third kappa shape index (κ3) is 1.70. The molecule has 0 aliphatic heterocycles. The standard InChI is InChI=1S/C15H16N2/c1-10-6-13(12-4-5-12)14(7-11(10)2)15-8-16-9-17(15)3/h6-9,12H,1-2,4-5H2,3H3. The first-order valence-corrected chi connectivity index (χ1v) is 5.95. The first kappa shape index (κ1) is 10.3. The summed E-state index contributed by atoms with van der Waals surface area (Å²) in [6, 6.07) is 4.34.